The molecule has 0 fully saturated rings. The van der Waals surface area contributed by atoms with E-state index in [1.165, 1.54) is 25.9 Å². The lowest BCUT2D eigenvalue weighted by molar-refractivity contribution is -0.141. The summed E-state index contributed by atoms with van der Waals surface area (Å²) >= 11 is 0. The first-order chi connectivity index (χ1) is 9.11. The van der Waals surface area contributed by atoms with Crippen molar-refractivity contribution in [2.45, 2.75) is 13.8 Å². The van der Waals surface area contributed by atoms with E-state index in [-0.39, 0.29) is 18.8 Å². The average Bonchev–Trinajstić information content (AvgIpc) is 2.34. The maximum Gasteiger partial charge on any atom is 0.317 e. The lowest BCUT2D eigenvalue weighted by atomic mass is 10.2. The molecule has 0 spiro atoms. The van der Waals surface area contributed by atoms with Crippen LogP contribution in [0.25, 0.3) is 0 Å². The van der Waals surface area contributed by atoms with Crippen molar-refractivity contribution in [1.29, 1.82) is 0 Å². The highest BCUT2D eigenvalue weighted by molar-refractivity contribution is 7.89. The van der Waals surface area contributed by atoms with Crippen LogP contribution < -0.4 is 5.32 Å². The summed E-state index contributed by atoms with van der Waals surface area (Å²) in [5, 5.41) is 11.3. The fourth-order valence-corrected chi connectivity index (χ4v) is 2.07. The Kier molecular flexibility index (Phi) is 7.51. The lowest BCUT2D eigenvalue weighted by Gasteiger charge is -2.23. The molecule has 0 radical (unpaired) electrons. The van der Waals surface area contributed by atoms with Crippen LogP contribution in [0.4, 0.5) is 4.79 Å². The van der Waals surface area contributed by atoms with Crippen molar-refractivity contribution in [3.05, 3.63) is 0 Å². The number of carboxylic acid groups (broad SMARTS) is 1. The number of carbonyl (C=O) groups excluding carboxylic acids is 1. The van der Waals surface area contributed by atoms with E-state index in [9.17, 15) is 18.0 Å². The number of carbonyl (C=O) groups is 2. The second-order valence-corrected chi connectivity index (χ2v) is 6.91. The number of amides is 2. The molecule has 0 aromatic carbocycles. The highest BCUT2D eigenvalue weighted by Crippen LogP contribution is 2.01. The zero-order valence-corrected chi connectivity index (χ0v) is 13.1. The Labute approximate surface area is 119 Å². The zero-order valence-electron chi connectivity index (χ0n) is 12.3. The summed E-state index contributed by atoms with van der Waals surface area (Å²) in [6.07, 6.45) is 0. The van der Waals surface area contributed by atoms with Gasteiger partial charge in [-0.15, -0.1) is 0 Å². The van der Waals surface area contributed by atoms with Crippen LogP contribution in [0.3, 0.4) is 0 Å². The van der Waals surface area contributed by atoms with Gasteiger partial charge in [-0.1, -0.05) is 6.92 Å². The van der Waals surface area contributed by atoms with Crippen LogP contribution in [0.5, 0.6) is 0 Å². The number of urea groups is 1. The predicted molar refractivity (Wildman–Crippen MR) is 74.9 cm³/mol. The number of aliphatic carboxylic acids is 1. The van der Waals surface area contributed by atoms with E-state index >= 15 is 0 Å². The van der Waals surface area contributed by atoms with Crippen LogP contribution in [0.1, 0.15) is 13.8 Å². The second kappa shape index (κ2) is 8.05. The molecule has 0 saturated heterocycles. The van der Waals surface area contributed by atoms with Gasteiger partial charge in [0.2, 0.25) is 10.0 Å². The van der Waals surface area contributed by atoms with Crippen LogP contribution in [-0.2, 0) is 14.8 Å². The normalized spacial score (nSPS) is 13.1. The van der Waals surface area contributed by atoms with E-state index in [0.29, 0.717) is 6.54 Å². The molecule has 0 heterocycles. The Morgan fingerprint density at radius 2 is 1.85 bits per heavy atom. The predicted octanol–water partition coefficient (Wildman–Crippen LogP) is -0.370. The van der Waals surface area contributed by atoms with Gasteiger partial charge < -0.3 is 15.3 Å². The minimum absolute atomic E-state index is 0.0166. The van der Waals surface area contributed by atoms with Crippen molar-refractivity contribution in [1.82, 2.24) is 14.5 Å². The number of hydrogen-bond acceptors (Lipinski definition) is 4. The molecule has 0 saturated carbocycles. The molecule has 20 heavy (non-hydrogen) atoms. The number of hydrogen-bond donors (Lipinski definition) is 2. The fourth-order valence-electron chi connectivity index (χ4n) is 1.35. The highest BCUT2D eigenvalue weighted by atomic mass is 32.2. The monoisotopic (exact) mass is 309 g/mol. The van der Waals surface area contributed by atoms with Crippen molar-refractivity contribution < 1.29 is 23.1 Å². The standard InChI is InChI=1S/C11H23N3O5S/c1-5-14(8-9(2)10(15)16)11(17)12-6-7-20(18,19)13(3)4/h9H,5-8H2,1-4H3,(H,12,17)(H,15,16). The van der Waals surface area contributed by atoms with Gasteiger partial charge in [-0.05, 0) is 6.92 Å². The number of sulfonamides is 1. The van der Waals surface area contributed by atoms with Gasteiger partial charge in [-0.25, -0.2) is 17.5 Å². The molecule has 0 aliphatic rings. The molecule has 0 rings (SSSR count). The summed E-state index contributed by atoms with van der Waals surface area (Å²) in [6, 6.07) is -0.463. The molecule has 8 nitrogen and oxygen atoms in total. The van der Waals surface area contributed by atoms with Crippen LogP contribution in [0, 0.1) is 5.92 Å². The summed E-state index contributed by atoms with van der Waals surface area (Å²) in [6.45, 7) is 3.65. The third-order valence-electron chi connectivity index (χ3n) is 2.78. The molecule has 0 aromatic heterocycles. The molecule has 1 unspecified atom stereocenters. The maximum absolute atomic E-state index is 11.8. The van der Waals surface area contributed by atoms with Crippen LogP contribution in [-0.4, -0.2) is 74.2 Å². The maximum atomic E-state index is 11.8. The Morgan fingerprint density at radius 3 is 2.25 bits per heavy atom. The molecule has 0 aliphatic heterocycles. The summed E-state index contributed by atoms with van der Waals surface area (Å²) < 4.78 is 24.1. The first-order valence-electron chi connectivity index (χ1n) is 6.27. The summed E-state index contributed by atoms with van der Waals surface area (Å²) in [5.74, 6) is -1.85. The molecule has 1 atom stereocenters. The molecule has 2 amide bonds. The van der Waals surface area contributed by atoms with E-state index in [0.717, 1.165) is 4.31 Å². The van der Waals surface area contributed by atoms with Gasteiger partial charge in [0.15, 0.2) is 0 Å². The number of carboxylic acids is 1. The molecular weight excluding hydrogens is 286 g/mol. The van der Waals surface area contributed by atoms with E-state index in [1.807, 2.05) is 0 Å². The minimum Gasteiger partial charge on any atom is -0.481 e. The topological polar surface area (TPSA) is 107 Å². The van der Waals surface area contributed by atoms with Crippen LogP contribution in [0.2, 0.25) is 0 Å². The Hall–Kier alpha value is -1.35. The minimum atomic E-state index is -3.36. The largest absolute Gasteiger partial charge is 0.481 e. The van der Waals surface area contributed by atoms with Crippen molar-refractivity contribution in [3.63, 3.8) is 0 Å². The second-order valence-electron chi connectivity index (χ2n) is 4.61. The van der Waals surface area contributed by atoms with E-state index < -0.39 is 27.9 Å². The molecule has 0 bridgehead atoms. The quantitative estimate of drug-likeness (QED) is 0.636. The molecule has 2 N–H and O–H groups in total. The van der Waals surface area contributed by atoms with Crippen molar-refractivity contribution in [2.24, 2.45) is 5.92 Å². The molecule has 9 heteroatoms. The van der Waals surface area contributed by atoms with Gasteiger partial charge in [0.25, 0.3) is 0 Å². The summed E-state index contributed by atoms with van der Waals surface area (Å²) in [4.78, 5) is 23.9. The van der Waals surface area contributed by atoms with Crippen LogP contribution in [0.15, 0.2) is 0 Å². The van der Waals surface area contributed by atoms with E-state index in [2.05, 4.69) is 5.32 Å². The van der Waals surface area contributed by atoms with Crippen molar-refractivity contribution >= 4 is 22.0 Å². The summed E-state index contributed by atoms with van der Waals surface area (Å²) in [7, 11) is -0.515. The molecular formula is C11H23N3O5S. The highest BCUT2D eigenvalue weighted by Gasteiger charge is 2.20. The Morgan fingerprint density at radius 1 is 1.30 bits per heavy atom. The molecule has 0 aliphatic carbocycles. The fraction of sp³-hybridized carbons (Fsp3) is 0.818. The van der Waals surface area contributed by atoms with Gasteiger partial charge >= 0.3 is 12.0 Å². The lowest BCUT2D eigenvalue weighted by Crippen LogP contribution is -2.45. The van der Waals surface area contributed by atoms with Crippen LogP contribution >= 0.6 is 0 Å². The first kappa shape index (κ1) is 18.7. The van der Waals surface area contributed by atoms with E-state index in [1.54, 1.807) is 6.92 Å². The third-order valence-corrected chi connectivity index (χ3v) is 4.61. The Bertz CT molecular complexity index is 435. The number of rotatable bonds is 8. The third kappa shape index (κ3) is 6.20. The SMILES string of the molecule is CCN(CC(C)C(=O)O)C(=O)NCCS(=O)(=O)N(C)C. The van der Waals surface area contributed by atoms with Gasteiger partial charge in [0, 0.05) is 33.7 Å². The van der Waals surface area contributed by atoms with Crippen molar-refractivity contribution in [2.75, 3.05) is 39.5 Å². The van der Waals surface area contributed by atoms with Gasteiger partial charge in [-0.2, -0.15) is 0 Å². The van der Waals surface area contributed by atoms with Crippen molar-refractivity contribution in [3.8, 4) is 0 Å². The Balaban J connectivity index is 4.34. The average molecular weight is 309 g/mol. The van der Waals surface area contributed by atoms with Gasteiger partial charge in [-0.3, -0.25) is 4.79 Å². The summed E-state index contributed by atoms with van der Waals surface area (Å²) in [5.41, 5.74) is 0. The number of nitrogens with zero attached hydrogens (tertiary/aromatic N) is 2. The van der Waals surface area contributed by atoms with Gasteiger partial charge in [0.05, 0.1) is 11.7 Å². The zero-order chi connectivity index (χ0) is 15.9. The smallest absolute Gasteiger partial charge is 0.317 e. The van der Waals surface area contributed by atoms with Gasteiger partial charge in [0.1, 0.15) is 0 Å². The molecule has 0 aromatic rings. The number of nitrogens with one attached hydrogen (secondary N) is 1. The first-order valence-corrected chi connectivity index (χ1v) is 7.88. The molecule has 118 valence electrons. The van der Waals surface area contributed by atoms with E-state index in [4.69, 9.17) is 5.11 Å².